The first-order chi connectivity index (χ1) is 24.7. The Hall–Kier alpha value is -6.78. The van der Waals surface area contributed by atoms with Crippen molar-refractivity contribution in [2.45, 2.75) is 0 Å². The van der Waals surface area contributed by atoms with Crippen LogP contribution >= 0.6 is 0 Å². The summed E-state index contributed by atoms with van der Waals surface area (Å²) in [5.41, 5.74) is 7.18. The number of hydrogen-bond donors (Lipinski definition) is 0. The highest BCUT2D eigenvalue weighted by atomic mass is 16.1. The van der Waals surface area contributed by atoms with E-state index in [1.165, 1.54) is 0 Å². The van der Waals surface area contributed by atoms with Crippen LogP contribution in [-0.4, -0.2) is 0 Å². The number of nitrogens with zero attached hydrogens (tertiary/aromatic N) is 2. The van der Waals surface area contributed by atoms with E-state index < -0.39 is 0 Å². The molecule has 0 atom stereocenters. The van der Waals surface area contributed by atoms with E-state index in [2.05, 4.69) is 70.5 Å². The van der Waals surface area contributed by atoms with Gasteiger partial charge in [-0.2, -0.15) is 0 Å². The van der Waals surface area contributed by atoms with Crippen LogP contribution < -0.4 is 20.7 Å². The molecule has 0 saturated carbocycles. The average molecular weight is 641 g/mol. The van der Waals surface area contributed by atoms with Crippen LogP contribution in [0.15, 0.2) is 179 Å². The van der Waals surface area contributed by atoms with Crippen molar-refractivity contribution in [3.8, 4) is 11.1 Å². The fourth-order valence-electron chi connectivity index (χ4n) is 7.99. The summed E-state index contributed by atoms with van der Waals surface area (Å²) in [6, 6.07) is 56.7. The van der Waals surface area contributed by atoms with Gasteiger partial charge in [-0.05, 0) is 60.7 Å². The Balaban J connectivity index is 1.37. The quantitative estimate of drug-likeness (QED) is 0.134. The number of rotatable bonds is 6. The predicted octanol–water partition coefficient (Wildman–Crippen LogP) is 11.4. The maximum absolute atomic E-state index is 14.9. The molecule has 0 radical (unpaired) electrons. The van der Waals surface area contributed by atoms with Crippen molar-refractivity contribution in [2.75, 3.05) is 9.80 Å². The van der Waals surface area contributed by atoms with E-state index in [4.69, 9.17) is 0 Å². The average Bonchev–Trinajstić information content (AvgIpc) is 3.18. The Kier molecular flexibility index (Phi) is 6.14. The Morgan fingerprint density at radius 2 is 0.600 bits per heavy atom. The van der Waals surface area contributed by atoms with Gasteiger partial charge in [0.25, 0.3) is 0 Å². The van der Waals surface area contributed by atoms with E-state index in [0.717, 1.165) is 66.8 Å². The molecule has 0 spiro atoms. The van der Waals surface area contributed by atoms with Gasteiger partial charge < -0.3 is 9.80 Å². The summed E-state index contributed by atoms with van der Waals surface area (Å²) in [4.78, 5) is 34.2. The van der Waals surface area contributed by atoms with Crippen molar-refractivity contribution in [1.82, 2.24) is 0 Å². The third kappa shape index (κ3) is 3.99. The first kappa shape index (κ1) is 28.3. The Morgan fingerprint density at radius 1 is 0.300 bits per heavy atom. The molecule has 0 bridgehead atoms. The van der Waals surface area contributed by atoms with Gasteiger partial charge in [-0.3, -0.25) is 9.59 Å². The van der Waals surface area contributed by atoms with Crippen LogP contribution in [0, 0.1) is 0 Å². The topological polar surface area (TPSA) is 40.6 Å². The van der Waals surface area contributed by atoms with Crippen LogP contribution in [0.1, 0.15) is 0 Å². The Bertz CT molecular complexity index is 2610. The van der Waals surface area contributed by atoms with Gasteiger partial charge in [0.2, 0.25) is 0 Å². The highest BCUT2D eigenvalue weighted by molar-refractivity contribution is 6.31. The molecule has 2 aliphatic carbocycles. The Morgan fingerprint density at radius 3 is 0.920 bits per heavy atom. The Labute approximate surface area is 287 Å². The van der Waals surface area contributed by atoms with Crippen molar-refractivity contribution < 1.29 is 0 Å². The van der Waals surface area contributed by atoms with E-state index in [0.29, 0.717) is 21.5 Å². The largest absolute Gasteiger partial charge is 0.310 e. The standard InChI is InChI=1S/C46H28N2O2/c49-45-36-26-14-24-34-40(48(31-19-9-3-10-20-31)32-21-11-4-12-22-32)28-38-44(42(34)36)43-37(45)27-39(33-23-13-25-35(41(33)43)46(38)50)47(29-15-5-1-6-16-29)30-17-7-2-8-18-30/h1-28H. The smallest absolute Gasteiger partial charge is 0.194 e. The predicted molar refractivity (Wildman–Crippen MR) is 209 cm³/mol. The second-order valence-electron chi connectivity index (χ2n) is 12.8. The van der Waals surface area contributed by atoms with Gasteiger partial charge in [0, 0.05) is 77.0 Å². The molecule has 0 heterocycles. The lowest BCUT2D eigenvalue weighted by Gasteiger charge is -2.31. The lowest BCUT2D eigenvalue weighted by molar-refractivity contribution is 1.30. The van der Waals surface area contributed by atoms with Crippen molar-refractivity contribution in [3.05, 3.63) is 190 Å². The van der Waals surface area contributed by atoms with Crippen molar-refractivity contribution in [2.24, 2.45) is 0 Å². The van der Waals surface area contributed by atoms with Crippen LogP contribution in [0.2, 0.25) is 0 Å². The summed E-state index contributed by atoms with van der Waals surface area (Å²) in [6.07, 6.45) is 0. The lowest BCUT2D eigenvalue weighted by atomic mass is 9.80. The minimum Gasteiger partial charge on any atom is -0.310 e. The summed E-state index contributed by atoms with van der Waals surface area (Å²) in [5.74, 6) is 0. The number of hydrogen-bond acceptors (Lipinski definition) is 4. The van der Waals surface area contributed by atoms with Crippen molar-refractivity contribution >= 4 is 77.2 Å². The normalized spacial score (nSPS) is 11.8. The molecule has 0 aliphatic heterocycles. The van der Waals surface area contributed by atoms with Crippen molar-refractivity contribution in [3.63, 3.8) is 0 Å². The molecule has 0 N–H and O–H groups in total. The molecule has 0 fully saturated rings. The summed E-state index contributed by atoms with van der Waals surface area (Å²) in [7, 11) is 0. The molecule has 2 aliphatic rings. The van der Waals surface area contributed by atoms with Crippen LogP contribution in [0.5, 0.6) is 0 Å². The molecule has 234 valence electrons. The summed E-state index contributed by atoms with van der Waals surface area (Å²) < 4.78 is 0. The number of benzene rings is 10. The number of anilines is 6. The molecular weight excluding hydrogens is 613 g/mol. The lowest BCUT2D eigenvalue weighted by Crippen LogP contribution is -2.17. The molecule has 4 nitrogen and oxygen atoms in total. The van der Waals surface area contributed by atoms with Crippen LogP contribution in [0.25, 0.3) is 54.2 Å². The molecular formula is C46H28N2O2. The molecule has 8 aromatic carbocycles. The first-order valence-corrected chi connectivity index (χ1v) is 16.8. The van der Waals surface area contributed by atoms with Gasteiger partial charge in [-0.25, -0.2) is 0 Å². The highest BCUT2D eigenvalue weighted by Crippen LogP contribution is 2.52. The van der Waals surface area contributed by atoms with Gasteiger partial charge in [-0.1, -0.05) is 109 Å². The SMILES string of the molecule is O=c1c2cc(N(c3ccccc3)c3ccccc3)c3cccc4c(=O)c5cc(N(c6ccccc6)c6ccccc6)c6cccc1c6c5-c2c34. The van der Waals surface area contributed by atoms with E-state index in [1.54, 1.807) is 0 Å². The molecule has 0 aromatic heterocycles. The minimum atomic E-state index is -0.0412. The van der Waals surface area contributed by atoms with Crippen molar-refractivity contribution in [1.29, 1.82) is 0 Å². The third-order valence-electron chi connectivity index (χ3n) is 10.0. The molecule has 0 saturated heterocycles. The fraction of sp³-hybridized carbons (Fsp3) is 0. The minimum absolute atomic E-state index is 0.0412. The molecule has 8 aromatic rings. The fourth-order valence-corrected chi connectivity index (χ4v) is 7.99. The van der Waals surface area contributed by atoms with Gasteiger partial charge in [0.05, 0.1) is 11.4 Å². The van der Waals surface area contributed by atoms with Gasteiger partial charge in [0.1, 0.15) is 0 Å². The van der Waals surface area contributed by atoms with Crippen LogP contribution in [0.3, 0.4) is 0 Å². The van der Waals surface area contributed by atoms with Gasteiger partial charge >= 0.3 is 0 Å². The van der Waals surface area contributed by atoms with E-state index >= 15 is 0 Å². The zero-order chi connectivity index (χ0) is 33.3. The maximum atomic E-state index is 14.9. The maximum Gasteiger partial charge on any atom is 0.194 e. The van der Waals surface area contributed by atoms with E-state index in [-0.39, 0.29) is 10.9 Å². The molecule has 4 heteroatoms. The van der Waals surface area contributed by atoms with E-state index in [1.807, 2.05) is 109 Å². The second kappa shape index (κ2) is 10.9. The van der Waals surface area contributed by atoms with Gasteiger partial charge in [0.15, 0.2) is 10.9 Å². The monoisotopic (exact) mass is 640 g/mol. The van der Waals surface area contributed by atoms with Gasteiger partial charge in [-0.15, -0.1) is 0 Å². The first-order valence-electron chi connectivity index (χ1n) is 16.8. The summed E-state index contributed by atoms with van der Waals surface area (Å²) in [6.45, 7) is 0. The molecule has 0 amide bonds. The molecule has 50 heavy (non-hydrogen) atoms. The zero-order valence-electron chi connectivity index (χ0n) is 26.9. The molecule has 10 rings (SSSR count). The highest BCUT2D eigenvalue weighted by Gasteiger charge is 2.30. The molecule has 0 unspecified atom stereocenters. The second-order valence-corrected chi connectivity index (χ2v) is 12.8. The number of para-hydroxylation sites is 4. The summed E-state index contributed by atoms with van der Waals surface area (Å²) >= 11 is 0. The third-order valence-corrected chi connectivity index (χ3v) is 10.0. The van der Waals surface area contributed by atoms with E-state index in [9.17, 15) is 9.59 Å². The zero-order valence-corrected chi connectivity index (χ0v) is 26.9. The van der Waals surface area contributed by atoms with Crippen LogP contribution in [0.4, 0.5) is 34.1 Å². The summed E-state index contributed by atoms with van der Waals surface area (Å²) in [5, 5.41) is 5.95. The van der Waals surface area contributed by atoms with Crippen LogP contribution in [-0.2, 0) is 0 Å².